The van der Waals surface area contributed by atoms with Crippen LogP contribution in [-0.4, -0.2) is 35.8 Å². The molecule has 1 aliphatic carbocycles. The number of hydrogen-bond donors (Lipinski definition) is 1. The molecule has 0 bridgehead atoms. The van der Waals surface area contributed by atoms with Gasteiger partial charge >= 0.3 is 0 Å². The van der Waals surface area contributed by atoms with Crippen molar-refractivity contribution in [3.63, 3.8) is 0 Å². The molecule has 2 N–H and O–H groups in total. The number of benzene rings is 1. The summed E-state index contributed by atoms with van der Waals surface area (Å²) in [5.74, 6) is 1.97. The number of nitrogens with two attached hydrogens (primary N) is 1. The first-order valence-corrected chi connectivity index (χ1v) is 8.98. The highest BCUT2D eigenvalue weighted by Crippen LogP contribution is 2.40. The van der Waals surface area contributed by atoms with Crippen LogP contribution in [0.1, 0.15) is 44.1 Å². The van der Waals surface area contributed by atoms with Gasteiger partial charge < -0.3 is 10.6 Å². The van der Waals surface area contributed by atoms with Gasteiger partial charge in [-0.15, -0.1) is 11.8 Å². The Morgan fingerprint density at radius 2 is 1.95 bits per heavy atom. The molecule has 110 valence electrons. The summed E-state index contributed by atoms with van der Waals surface area (Å²) in [7, 11) is 0. The molecular formula is C17H26N2S. The Bertz CT molecular complexity index is 440. The lowest BCUT2D eigenvalue weighted by atomic mass is 9.89. The molecule has 20 heavy (non-hydrogen) atoms. The van der Waals surface area contributed by atoms with Crippen molar-refractivity contribution in [2.24, 2.45) is 5.73 Å². The number of rotatable bonds is 4. The Labute approximate surface area is 127 Å². The highest BCUT2D eigenvalue weighted by Gasteiger charge is 2.29. The predicted octanol–water partition coefficient (Wildman–Crippen LogP) is 3.47. The molecule has 1 aromatic carbocycles. The van der Waals surface area contributed by atoms with E-state index in [1.54, 1.807) is 5.56 Å². The summed E-state index contributed by atoms with van der Waals surface area (Å²) >= 11 is 2.03. The molecule has 0 amide bonds. The maximum Gasteiger partial charge on any atom is 0.0108 e. The van der Waals surface area contributed by atoms with E-state index in [4.69, 9.17) is 5.73 Å². The van der Waals surface area contributed by atoms with Crippen LogP contribution in [0.5, 0.6) is 0 Å². The molecule has 1 heterocycles. The molecule has 0 spiro atoms. The van der Waals surface area contributed by atoms with E-state index in [1.807, 2.05) is 11.8 Å². The third-order valence-electron chi connectivity index (χ3n) is 4.92. The number of likely N-dealkylation sites (N-methyl/N-ethyl adjacent to an activating group) is 1. The first-order valence-electron chi connectivity index (χ1n) is 7.99. The molecule has 1 aliphatic heterocycles. The van der Waals surface area contributed by atoms with Crippen molar-refractivity contribution < 1.29 is 0 Å². The molecular weight excluding hydrogens is 264 g/mol. The fourth-order valence-electron chi connectivity index (χ4n) is 3.67. The van der Waals surface area contributed by atoms with Gasteiger partial charge in [-0.3, -0.25) is 0 Å². The number of fused-ring (bicyclic) bond motifs is 1. The summed E-state index contributed by atoms with van der Waals surface area (Å²) < 4.78 is 0. The molecule has 2 nitrogen and oxygen atoms in total. The average Bonchev–Trinajstić information content (AvgIpc) is 2.89. The van der Waals surface area contributed by atoms with Gasteiger partial charge in [0, 0.05) is 35.2 Å². The minimum atomic E-state index is 0.452. The number of nitrogens with zero attached hydrogens (tertiary/aromatic N) is 1. The lowest BCUT2D eigenvalue weighted by Gasteiger charge is -2.36. The zero-order valence-electron chi connectivity index (χ0n) is 12.4. The Hall–Kier alpha value is -0.510. The van der Waals surface area contributed by atoms with E-state index in [0.29, 0.717) is 12.0 Å². The van der Waals surface area contributed by atoms with Crippen molar-refractivity contribution in [2.45, 2.75) is 55.5 Å². The van der Waals surface area contributed by atoms with Crippen molar-refractivity contribution in [3.05, 3.63) is 29.8 Å². The maximum absolute atomic E-state index is 6.04. The van der Waals surface area contributed by atoms with E-state index < -0.39 is 0 Å². The smallest absolute Gasteiger partial charge is 0.0108 e. The van der Waals surface area contributed by atoms with Gasteiger partial charge in [-0.2, -0.15) is 0 Å². The maximum atomic E-state index is 6.04. The molecule has 1 fully saturated rings. The van der Waals surface area contributed by atoms with Gasteiger partial charge in [0.1, 0.15) is 0 Å². The van der Waals surface area contributed by atoms with Crippen LogP contribution in [0.4, 0.5) is 0 Å². The van der Waals surface area contributed by atoms with E-state index in [2.05, 4.69) is 36.1 Å². The lowest BCUT2D eigenvalue weighted by molar-refractivity contribution is 0.151. The fourth-order valence-corrected chi connectivity index (χ4v) is 4.91. The highest BCUT2D eigenvalue weighted by molar-refractivity contribution is 7.99. The summed E-state index contributed by atoms with van der Waals surface area (Å²) in [6, 6.07) is 10.2. The average molecular weight is 290 g/mol. The van der Waals surface area contributed by atoms with Crippen LogP contribution in [0, 0.1) is 0 Å². The SMILES string of the molecule is CCN(CC1CSc2ccccc21)C1CCC(N)CC1. The zero-order valence-corrected chi connectivity index (χ0v) is 13.2. The van der Waals surface area contributed by atoms with Crippen LogP contribution in [0.3, 0.4) is 0 Å². The van der Waals surface area contributed by atoms with Gasteiger partial charge in [0.25, 0.3) is 0 Å². The minimum absolute atomic E-state index is 0.452. The van der Waals surface area contributed by atoms with Crippen LogP contribution in [-0.2, 0) is 0 Å². The summed E-state index contributed by atoms with van der Waals surface area (Å²) in [4.78, 5) is 4.21. The Kier molecular flexibility index (Phi) is 4.69. The van der Waals surface area contributed by atoms with Crippen LogP contribution < -0.4 is 5.73 Å². The number of hydrogen-bond acceptors (Lipinski definition) is 3. The molecule has 1 aromatic rings. The highest BCUT2D eigenvalue weighted by atomic mass is 32.2. The van der Waals surface area contributed by atoms with Crippen molar-refractivity contribution in [1.29, 1.82) is 0 Å². The van der Waals surface area contributed by atoms with Crippen molar-refractivity contribution in [1.82, 2.24) is 4.90 Å². The molecule has 2 aliphatic rings. The quantitative estimate of drug-likeness (QED) is 0.920. The lowest BCUT2D eigenvalue weighted by Crippen LogP contribution is -2.42. The predicted molar refractivity (Wildman–Crippen MR) is 87.4 cm³/mol. The molecule has 1 saturated carbocycles. The first-order chi connectivity index (χ1) is 9.78. The summed E-state index contributed by atoms with van der Waals surface area (Å²) in [5, 5.41) is 0. The molecule has 0 radical (unpaired) electrons. The normalized spacial score (nSPS) is 29.6. The van der Waals surface area contributed by atoms with Crippen LogP contribution in [0.25, 0.3) is 0 Å². The van der Waals surface area contributed by atoms with Crippen molar-refractivity contribution in [2.75, 3.05) is 18.8 Å². The third kappa shape index (κ3) is 3.05. The molecule has 3 rings (SSSR count). The van der Waals surface area contributed by atoms with E-state index in [-0.39, 0.29) is 0 Å². The molecule has 1 unspecified atom stereocenters. The second-order valence-corrected chi connectivity index (χ2v) is 7.26. The molecule has 3 heteroatoms. The van der Waals surface area contributed by atoms with E-state index in [0.717, 1.165) is 6.04 Å². The van der Waals surface area contributed by atoms with Crippen LogP contribution in [0.2, 0.25) is 0 Å². The van der Waals surface area contributed by atoms with E-state index in [9.17, 15) is 0 Å². The van der Waals surface area contributed by atoms with Gasteiger partial charge in [0.15, 0.2) is 0 Å². The Balaban J connectivity index is 1.64. The Morgan fingerprint density at radius 3 is 2.70 bits per heavy atom. The van der Waals surface area contributed by atoms with E-state index in [1.165, 1.54) is 49.4 Å². The van der Waals surface area contributed by atoms with Gasteiger partial charge in [-0.1, -0.05) is 25.1 Å². The molecule has 0 saturated heterocycles. The van der Waals surface area contributed by atoms with E-state index >= 15 is 0 Å². The minimum Gasteiger partial charge on any atom is -0.328 e. The summed E-state index contributed by atoms with van der Waals surface area (Å²) in [5.41, 5.74) is 7.62. The second-order valence-electron chi connectivity index (χ2n) is 6.20. The third-order valence-corrected chi connectivity index (χ3v) is 6.17. The first kappa shape index (κ1) is 14.4. The summed E-state index contributed by atoms with van der Waals surface area (Å²) in [6.45, 7) is 4.70. The second kappa shape index (κ2) is 6.50. The monoisotopic (exact) mass is 290 g/mol. The standard InChI is InChI=1S/C17H26N2S/c1-2-19(15-9-7-14(18)8-10-15)11-13-12-20-17-6-4-3-5-16(13)17/h3-6,13-15H,2,7-12,18H2,1H3. The van der Waals surface area contributed by atoms with Gasteiger partial charge in [0.05, 0.1) is 0 Å². The summed E-state index contributed by atoms with van der Waals surface area (Å²) in [6.07, 6.45) is 4.99. The van der Waals surface area contributed by atoms with Crippen molar-refractivity contribution in [3.8, 4) is 0 Å². The van der Waals surface area contributed by atoms with Crippen molar-refractivity contribution >= 4 is 11.8 Å². The van der Waals surface area contributed by atoms with Crippen LogP contribution >= 0.6 is 11.8 Å². The topological polar surface area (TPSA) is 29.3 Å². The van der Waals surface area contributed by atoms with Gasteiger partial charge in [-0.25, -0.2) is 0 Å². The van der Waals surface area contributed by atoms with Crippen LogP contribution in [0.15, 0.2) is 29.2 Å². The largest absolute Gasteiger partial charge is 0.328 e. The van der Waals surface area contributed by atoms with Gasteiger partial charge in [-0.05, 0) is 43.9 Å². The number of thioether (sulfide) groups is 1. The molecule has 1 atom stereocenters. The van der Waals surface area contributed by atoms with Gasteiger partial charge in [0.2, 0.25) is 0 Å². The fraction of sp³-hybridized carbons (Fsp3) is 0.647. The molecule has 0 aromatic heterocycles. The Morgan fingerprint density at radius 1 is 1.20 bits per heavy atom. The zero-order chi connectivity index (χ0) is 13.9.